The molecular weight excluding hydrogens is 286 g/mol. The molecule has 21 heavy (non-hydrogen) atoms. The third-order valence-corrected chi connectivity index (χ3v) is 4.26. The Hall–Kier alpha value is -0.750. The van der Waals surface area contributed by atoms with Gasteiger partial charge in [-0.25, -0.2) is 0 Å². The first-order chi connectivity index (χ1) is 9.93. The first-order valence-electron chi connectivity index (χ1n) is 7.04. The van der Waals surface area contributed by atoms with E-state index >= 15 is 0 Å². The molecule has 5 heteroatoms. The van der Waals surface area contributed by atoms with Gasteiger partial charge in [0.25, 0.3) is 0 Å². The zero-order chi connectivity index (χ0) is 15.9. The van der Waals surface area contributed by atoms with Gasteiger partial charge >= 0.3 is 0 Å². The van der Waals surface area contributed by atoms with Crippen LogP contribution in [0.3, 0.4) is 0 Å². The Morgan fingerprint density at radius 1 is 1.38 bits per heavy atom. The summed E-state index contributed by atoms with van der Waals surface area (Å²) < 4.78 is 10.5. The van der Waals surface area contributed by atoms with Gasteiger partial charge in [-0.15, -0.1) is 0 Å². The number of thioether (sulfide) groups is 1. The van der Waals surface area contributed by atoms with Crippen LogP contribution in [0.4, 0.5) is 0 Å². The van der Waals surface area contributed by atoms with Gasteiger partial charge in [0.05, 0.1) is 19.3 Å². The van der Waals surface area contributed by atoms with Crippen molar-refractivity contribution >= 4 is 11.8 Å². The molecule has 0 heterocycles. The second kappa shape index (κ2) is 8.63. The summed E-state index contributed by atoms with van der Waals surface area (Å²) in [6.45, 7) is 5.02. The number of nitrogens with one attached hydrogen (secondary N) is 1. The van der Waals surface area contributed by atoms with Gasteiger partial charge in [0.15, 0.2) is 0 Å². The number of hydrogen-bond acceptors (Lipinski definition) is 5. The second-order valence-electron chi connectivity index (χ2n) is 5.54. The highest BCUT2D eigenvalue weighted by Crippen LogP contribution is 2.24. The normalized spacial score (nSPS) is 15.5. The molecule has 0 amide bonds. The number of ether oxygens (including phenoxy) is 2. The van der Waals surface area contributed by atoms with E-state index in [9.17, 15) is 5.11 Å². The van der Waals surface area contributed by atoms with Crippen molar-refractivity contribution in [1.29, 1.82) is 0 Å². The molecule has 2 N–H and O–H groups in total. The summed E-state index contributed by atoms with van der Waals surface area (Å²) in [4.78, 5) is 0. The molecule has 0 spiro atoms. The minimum Gasteiger partial charge on any atom is -0.496 e. The zero-order valence-electron chi connectivity index (χ0n) is 13.6. The average molecular weight is 313 g/mol. The van der Waals surface area contributed by atoms with Crippen molar-refractivity contribution in [3.8, 4) is 5.75 Å². The fourth-order valence-electron chi connectivity index (χ4n) is 2.19. The van der Waals surface area contributed by atoms with Gasteiger partial charge in [0.2, 0.25) is 0 Å². The molecule has 0 radical (unpaired) electrons. The quantitative estimate of drug-likeness (QED) is 0.734. The molecule has 120 valence electrons. The van der Waals surface area contributed by atoms with Crippen LogP contribution in [0.15, 0.2) is 18.2 Å². The first kappa shape index (κ1) is 18.3. The molecule has 0 aliphatic heterocycles. The van der Waals surface area contributed by atoms with Crippen molar-refractivity contribution in [2.75, 3.05) is 32.8 Å². The Kier molecular flexibility index (Phi) is 7.52. The Morgan fingerprint density at radius 2 is 2.10 bits per heavy atom. The highest BCUT2D eigenvalue weighted by molar-refractivity contribution is 7.98. The minimum atomic E-state index is -0.699. The van der Waals surface area contributed by atoms with E-state index in [4.69, 9.17) is 9.47 Å². The predicted octanol–water partition coefficient (Wildman–Crippen LogP) is 2.61. The van der Waals surface area contributed by atoms with E-state index in [1.54, 1.807) is 26.0 Å². The second-order valence-corrected chi connectivity index (χ2v) is 6.40. The molecule has 2 unspecified atom stereocenters. The van der Waals surface area contributed by atoms with Gasteiger partial charge in [-0.1, -0.05) is 6.07 Å². The van der Waals surface area contributed by atoms with Gasteiger partial charge in [0.1, 0.15) is 5.75 Å². The predicted molar refractivity (Wildman–Crippen MR) is 89.1 cm³/mol. The van der Waals surface area contributed by atoms with Crippen molar-refractivity contribution in [2.45, 2.75) is 32.1 Å². The van der Waals surface area contributed by atoms with E-state index in [1.807, 2.05) is 25.3 Å². The van der Waals surface area contributed by atoms with Gasteiger partial charge in [0, 0.05) is 31.0 Å². The average Bonchev–Trinajstić information content (AvgIpc) is 2.45. The van der Waals surface area contributed by atoms with Crippen molar-refractivity contribution in [3.63, 3.8) is 0 Å². The van der Waals surface area contributed by atoms with Gasteiger partial charge < -0.3 is 19.9 Å². The summed E-state index contributed by atoms with van der Waals surface area (Å²) in [7, 11) is 3.34. The van der Waals surface area contributed by atoms with E-state index in [0.29, 0.717) is 18.9 Å². The molecule has 1 rings (SSSR count). The highest BCUT2D eigenvalue weighted by atomic mass is 32.2. The van der Waals surface area contributed by atoms with Gasteiger partial charge in [-0.3, -0.25) is 0 Å². The molecule has 0 saturated heterocycles. The standard InChI is InChI=1S/C16H27NO3S/c1-12(17-10-16(2,18)11-21-5)13-6-7-15(20-4)14(8-13)9-19-3/h6-8,12,17-18H,9-11H2,1-5H3. The summed E-state index contributed by atoms with van der Waals surface area (Å²) in [5.41, 5.74) is 1.49. The van der Waals surface area contributed by atoms with E-state index in [0.717, 1.165) is 16.9 Å². The fourth-order valence-corrected chi connectivity index (χ4v) is 2.91. The smallest absolute Gasteiger partial charge is 0.124 e. The molecule has 1 aromatic carbocycles. The van der Waals surface area contributed by atoms with Crippen molar-refractivity contribution < 1.29 is 14.6 Å². The van der Waals surface area contributed by atoms with Crippen molar-refractivity contribution in [2.24, 2.45) is 0 Å². The number of aliphatic hydroxyl groups is 1. The monoisotopic (exact) mass is 313 g/mol. The molecule has 0 bridgehead atoms. The molecule has 0 saturated carbocycles. The number of hydrogen-bond donors (Lipinski definition) is 2. The van der Waals surface area contributed by atoms with Gasteiger partial charge in [-0.2, -0.15) is 11.8 Å². The lowest BCUT2D eigenvalue weighted by molar-refractivity contribution is 0.0820. The number of rotatable bonds is 9. The fraction of sp³-hybridized carbons (Fsp3) is 0.625. The molecule has 1 aromatic rings. The largest absolute Gasteiger partial charge is 0.496 e. The van der Waals surface area contributed by atoms with Crippen LogP contribution in [0.2, 0.25) is 0 Å². The van der Waals surface area contributed by atoms with E-state index < -0.39 is 5.60 Å². The summed E-state index contributed by atoms with van der Waals surface area (Å²) in [5, 5.41) is 13.6. The maximum atomic E-state index is 10.2. The molecule has 2 atom stereocenters. The number of benzene rings is 1. The van der Waals surface area contributed by atoms with Crippen LogP contribution >= 0.6 is 11.8 Å². The van der Waals surface area contributed by atoms with Crippen LogP contribution in [0, 0.1) is 0 Å². The maximum Gasteiger partial charge on any atom is 0.124 e. The van der Waals surface area contributed by atoms with E-state index in [2.05, 4.69) is 18.3 Å². The highest BCUT2D eigenvalue weighted by Gasteiger charge is 2.20. The molecular formula is C16H27NO3S. The van der Waals surface area contributed by atoms with Crippen LogP contribution in [0.5, 0.6) is 5.75 Å². The Labute approximate surface area is 132 Å². The topological polar surface area (TPSA) is 50.7 Å². The summed E-state index contributed by atoms with van der Waals surface area (Å²) >= 11 is 1.65. The van der Waals surface area contributed by atoms with Crippen molar-refractivity contribution in [3.05, 3.63) is 29.3 Å². The van der Waals surface area contributed by atoms with Gasteiger partial charge in [-0.05, 0) is 37.8 Å². The SMILES string of the molecule is COCc1cc(C(C)NCC(C)(O)CSC)ccc1OC. The Bertz CT molecular complexity index is 438. The van der Waals surface area contributed by atoms with Crippen LogP contribution in [-0.4, -0.2) is 43.5 Å². The molecule has 0 aliphatic carbocycles. The summed E-state index contributed by atoms with van der Waals surface area (Å²) in [6.07, 6.45) is 2.00. The third kappa shape index (κ3) is 5.87. The lowest BCUT2D eigenvalue weighted by Crippen LogP contribution is -2.40. The maximum absolute atomic E-state index is 10.2. The van der Waals surface area contributed by atoms with Crippen LogP contribution in [0.25, 0.3) is 0 Å². The molecule has 0 aromatic heterocycles. The van der Waals surface area contributed by atoms with Crippen LogP contribution in [0.1, 0.15) is 31.0 Å². The van der Waals surface area contributed by atoms with E-state index in [-0.39, 0.29) is 6.04 Å². The minimum absolute atomic E-state index is 0.153. The van der Waals surface area contributed by atoms with Crippen molar-refractivity contribution in [1.82, 2.24) is 5.32 Å². The lowest BCUT2D eigenvalue weighted by Gasteiger charge is -2.25. The molecule has 4 nitrogen and oxygen atoms in total. The summed E-state index contributed by atoms with van der Waals surface area (Å²) in [6, 6.07) is 6.24. The molecule has 0 aliphatic rings. The third-order valence-electron chi connectivity index (χ3n) is 3.35. The zero-order valence-corrected chi connectivity index (χ0v) is 14.4. The van der Waals surface area contributed by atoms with E-state index in [1.165, 1.54) is 0 Å². The first-order valence-corrected chi connectivity index (χ1v) is 8.43. The number of methoxy groups -OCH3 is 2. The summed E-state index contributed by atoms with van der Waals surface area (Å²) in [5.74, 6) is 1.55. The van der Waals surface area contributed by atoms with Crippen LogP contribution < -0.4 is 10.1 Å². The lowest BCUT2D eigenvalue weighted by atomic mass is 10.0. The Balaban J connectivity index is 2.73. The van der Waals surface area contributed by atoms with Crippen LogP contribution in [-0.2, 0) is 11.3 Å². The Morgan fingerprint density at radius 3 is 2.67 bits per heavy atom. The molecule has 0 fully saturated rings.